The molecular weight excluding hydrogens is 378 g/mol. The summed E-state index contributed by atoms with van der Waals surface area (Å²) in [4.78, 5) is 1.48. The summed E-state index contributed by atoms with van der Waals surface area (Å²) in [6, 6.07) is 15.2. The number of nitrogens with zero attached hydrogens (tertiary/aromatic N) is 1. The lowest BCUT2D eigenvalue weighted by atomic mass is 10.1. The topological polar surface area (TPSA) is 46.6 Å². The Labute approximate surface area is 166 Å². The molecule has 0 N–H and O–H groups in total. The van der Waals surface area contributed by atoms with Crippen LogP contribution in [0.3, 0.4) is 0 Å². The summed E-state index contributed by atoms with van der Waals surface area (Å²) in [5, 5.41) is 0. The van der Waals surface area contributed by atoms with Crippen LogP contribution in [0.5, 0.6) is 0 Å². The van der Waals surface area contributed by atoms with Gasteiger partial charge >= 0.3 is 0 Å². The number of rotatable bonds is 6. The predicted molar refractivity (Wildman–Crippen MR) is 110 cm³/mol. The molecule has 1 saturated heterocycles. The van der Waals surface area contributed by atoms with Gasteiger partial charge < -0.3 is 4.74 Å². The minimum Gasteiger partial charge on any atom is -0.496 e. The fourth-order valence-electron chi connectivity index (χ4n) is 3.06. The first kappa shape index (κ1) is 19.8. The molecule has 0 bridgehead atoms. The van der Waals surface area contributed by atoms with Crippen LogP contribution in [0, 0.1) is 6.92 Å². The van der Waals surface area contributed by atoms with E-state index in [0.29, 0.717) is 23.6 Å². The lowest BCUT2D eigenvalue weighted by molar-refractivity contribution is 0.252. The predicted octanol–water partition coefficient (Wildman–Crippen LogP) is 4.60. The van der Waals surface area contributed by atoms with Crippen LogP contribution in [0.4, 0.5) is 0 Å². The Hall–Kier alpha value is -1.92. The van der Waals surface area contributed by atoms with Crippen LogP contribution in [-0.4, -0.2) is 32.6 Å². The van der Waals surface area contributed by atoms with Gasteiger partial charge in [-0.25, -0.2) is 8.42 Å². The minimum atomic E-state index is -3.63. The highest BCUT2D eigenvalue weighted by molar-refractivity contribution is 7.98. The minimum absolute atomic E-state index is 0.296. The molecule has 1 aliphatic heterocycles. The molecule has 0 radical (unpaired) electrons. The smallest absolute Gasteiger partial charge is 0.263 e. The molecular formula is C21H25NO3S2. The van der Waals surface area contributed by atoms with Gasteiger partial charge in [-0.1, -0.05) is 29.8 Å². The highest BCUT2D eigenvalue weighted by atomic mass is 32.2. The molecule has 2 aromatic carbocycles. The third-order valence-electron chi connectivity index (χ3n) is 4.74. The van der Waals surface area contributed by atoms with Crippen LogP contribution in [0.25, 0.3) is 0 Å². The highest BCUT2D eigenvalue weighted by Crippen LogP contribution is 2.29. The van der Waals surface area contributed by atoms with Crippen molar-refractivity contribution in [3.63, 3.8) is 0 Å². The molecule has 0 saturated carbocycles. The van der Waals surface area contributed by atoms with Crippen molar-refractivity contribution in [2.75, 3.05) is 19.9 Å². The van der Waals surface area contributed by atoms with Gasteiger partial charge in [0.15, 0.2) is 0 Å². The second kappa shape index (κ2) is 8.40. The van der Waals surface area contributed by atoms with E-state index in [0.717, 1.165) is 29.7 Å². The molecule has 6 heteroatoms. The van der Waals surface area contributed by atoms with E-state index in [1.54, 1.807) is 30.9 Å². The Morgan fingerprint density at radius 3 is 2.33 bits per heavy atom. The van der Waals surface area contributed by atoms with E-state index >= 15 is 0 Å². The number of thioether (sulfide) groups is 1. The van der Waals surface area contributed by atoms with Gasteiger partial charge in [0, 0.05) is 24.8 Å². The van der Waals surface area contributed by atoms with Gasteiger partial charge in [-0.3, -0.25) is 4.31 Å². The normalized spacial score (nSPS) is 16.1. The van der Waals surface area contributed by atoms with E-state index in [2.05, 4.69) is 12.1 Å². The maximum Gasteiger partial charge on any atom is 0.263 e. The maximum atomic E-state index is 13.2. The average molecular weight is 404 g/mol. The largest absolute Gasteiger partial charge is 0.496 e. The van der Waals surface area contributed by atoms with Crippen molar-refractivity contribution < 1.29 is 13.2 Å². The fourth-order valence-corrected chi connectivity index (χ4v) is 4.72. The van der Waals surface area contributed by atoms with E-state index in [1.807, 2.05) is 37.4 Å². The molecule has 2 aromatic rings. The Morgan fingerprint density at radius 2 is 1.78 bits per heavy atom. The van der Waals surface area contributed by atoms with Crippen molar-refractivity contribution in [2.45, 2.75) is 36.0 Å². The standard InChI is InChI=1S/C21H25NO3S2/c1-16-6-12-19(13-7-16)27(23,24)22(2)20(21-5-4-14-25-21)15-17-8-10-18(26-3)11-9-17/h6-13H,4-5,14-15H2,1-3H3/b21-20+. The van der Waals surface area contributed by atoms with Gasteiger partial charge in [-0.2, -0.15) is 0 Å². The summed E-state index contributed by atoms with van der Waals surface area (Å²) >= 11 is 1.69. The molecule has 1 heterocycles. The van der Waals surface area contributed by atoms with E-state index in [1.165, 1.54) is 9.20 Å². The van der Waals surface area contributed by atoms with Crippen molar-refractivity contribution in [3.05, 3.63) is 71.1 Å². The molecule has 0 aromatic heterocycles. The summed E-state index contributed by atoms with van der Waals surface area (Å²) in [5.41, 5.74) is 2.81. The van der Waals surface area contributed by atoms with Gasteiger partial charge in [0.25, 0.3) is 10.0 Å². The molecule has 4 nitrogen and oxygen atoms in total. The third-order valence-corrected chi connectivity index (χ3v) is 7.29. The van der Waals surface area contributed by atoms with E-state index in [-0.39, 0.29) is 0 Å². The number of likely N-dealkylation sites (N-methyl/N-ethyl adjacent to an activating group) is 1. The Balaban J connectivity index is 1.95. The molecule has 0 spiro atoms. The van der Waals surface area contributed by atoms with Gasteiger partial charge in [0.05, 0.1) is 17.2 Å². The van der Waals surface area contributed by atoms with Crippen LogP contribution in [0.1, 0.15) is 24.0 Å². The molecule has 0 aliphatic carbocycles. The molecule has 27 heavy (non-hydrogen) atoms. The monoisotopic (exact) mass is 403 g/mol. The molecule has 3 rings (SSSR count). The Kier molecular flexibility index (Phi) is 6.17. The summed E-state index contributed by atoms with van der Waals surface area (Å²) in [7, 11) is -2.01. The first-order valence-electron chi connectivity index (χ1n) is 8.95. The van der Waals surface area contributed by atoms with Gasteiger partial charge in [0.1, 0.15) is 5.76 Å². The summed E-state index contributed by atoms with van der Waals surface area (Å²) in [6.07, 6.45) is 4.25. The second-order valence-corrected chi connectivity index (χ2v) is 9.48. The van der Waals surface area contributed by atoms with E-state index in [4.69, 9.17) is 4.74 Å². The van der Waals surface area contributed by atoms with Gasteiger partial charge in [-0.15, -0.1) is 11.8 Å². The quantitative estimate of drug-likeness (QED) is 0.661. The van der Waals surface area contributed by atoms with E-state index < -0.39 is 10.0 Å². The number of benzene rings is 2. The van der Waals surface area contributed by atoms with Gasteiger partial charge in [-0.05, 0) is 49.4 Å². The van der Waals surface area contributed by atoms with Crippen LogP contribution in [-0.2, 0) is 21.2 Å². The number of aryl methyl sites for hydroxylation is 1. The van der Waals surface area contributed by atoms with Crippen molar-refractivity contribution in [3.8, 4) is 0 Å². The summed E-state index contributed by atoms with van der Waals surface area (Å²) in [5.74, 6) is 0.780. The lowest BCUT2D eigenvalue weighted by Gasteiger charge is -2.24. The molecule has 1 fully saturated rings. The number of hydrogen-bond donors (Lipinski definition) is 0. The molecule has 144 valence electrons. The third kappa shape index (κ3) is 4.50. The summed E-state index contributed by atoms with van der Waals surface area (Å²) in [6.45, 7) is 2.58. The van der Waals surface area contributed by atoms with Crippen LogP contribution < -0.4 is 0 Å². The molecule has 0 atom stereocenters. The fraction of sp³-hybridized carbons (Fsp3) is 0.333. The zero-order valence-electron chi connectivity index (χ0n) is 15.9. The zero-order chi connectivity index (χ0) is 19.4. The first-order valence-corrected chi connectivity index (χ1v) is 11.6. The molecule has 1 aliphatic rings. The van der Waals surface area contributed by atoms with Crippen molar-refractivity contribution >= 4 is 21.8 Å². The number of hydrogen-bond acceptors (Lipinski definition) is 4. The van der Waals surface area contributed by atoms with E-state index in [9.17, 15) is 8.42 Å². The summed E-state index contributed by atoms with van der Waals surface area (Å²) < 4.78 is 33.5. The highest BCUT2D eigenvalue weighted by Gasteiger charge is 2.27. The second-order valence-electron chi connectivity index (χ2n) is 6.63. The van der Waals surface area contributed by atoms with Crippen molar-refractivity contribution in [1.82, 2.24) is 4.31 Å². The Bertz CT molecular complexity index is 909. The average Bonchev–Trinajstić information content (AvgIpc) is 3.21. The number of ether oxygens (including phenoxy) is 1. The Morgan fingerprint density at radius 1 is 1.11 bits per heavy atom. The van der Waals surface area contributed by atoms with Gasteiger partial charge in [0.2, 0.25) is 0 Å². The molecule has 0 amide bonds. The SMILES string of the molecule is CSc1ccc(C/C(=C2/CCCO2)N(C)S(=O)(=O)c2ccc(C)cc2)cc1. The van der Waals surface area contributed by atoms with Crippen molar-refractivity contribution in [1.29, 1.82) is 0 Å². The maximum absolute atomic E-state index is 13.2. The van der Waals surface area contributed by atoms with Crippen LogP contribution in [0.2, 0.25) is 0 Å². The first-order chi connectivity index (χ1) is 12.9. The number of allylic oxidation sites excluding steroid dienone is 2. The van der Waals surface area contributed by atoms with Crippen LogP contribution >= 0.6 is 11.8 Å². The zero-order valence-corrected chi connectivity index (χ0v) is 17.6. The van der Waals surface area contributed by atoms with Crippen molar-refractivity contribution in [2.24, 2.45) is 0 Å². The number of sulfonamides is 1. The molecule has 0 unspecified atom stereocenters. The van der Waals surface area contributed by atoms with Crippen LogP contribution in [0.15, 0.2) is 69.8 Å². The lowest BCUT2D eigenvalue weighted by Crippen LogP contribution is -2.28.